The molecule has 0 aliphatic heterocycles. The van der Waals surface area contributed by atoms with Crippen molar-refractivity contribution in [2.24, 2.45) is 0 Å². The minimum atomic E-state index is -0.00347. The van der Waals surface area contributed by atoms with Crippen molar-refractivity contribution in [3.8, 4) is 0 Å². The number of rotatable bonds is 6. The zero-order valence-corrected chi connectivity index (χ0v) is 10.6. The van der Waals surface area contributed by atoms with Crippen molar-refractivity contribution in [2.75, 3.05) is 6.61 Å². The third-order valence-electron chi connectivity index (χ3n) is 2.76. The molecule has 0 spiro atoms. The summed E-state index contributed by atoms with van der Waals surface area (Å²) >= 11 is 1.85. The van der Waals surface area contributed by atoms with Crippen LogP contribution in [-0.4, -0.2) is 23.1 Å². The van der Waals surface area contributed by atoms with Crippen molar-refractivity contribution < 1.29 is 9.53 Å². The van der Waals surface area contributed by atoms with E-state index in [0.29, 0.717) is 11.9 Å². The Morgan fingerprint density at radius 3 is 2.60 bits per heavy atom. The molecule has 0 N–H and O–H groups in total. The second-order valence-electron chi connectivity index (χ2n) is 4.07. The Morgan fingerprint density at radius 2 is 2.07 bits per heavy atom. The standard InChI is InChI=1S/C12H22O2S/c1-3-7-11(12(13)14-4-2)15-10-8-5-6-9-10/h10-11H,3-9H2,1-2H3. The number of hydrogen-bond donors (Lipinski definition) is 0. The Kier molecular flexibility index (Phi) is 6.15. The van der Waals surface area contributed by atoms with Gasteiger partial charge in [-0.3, -0.25) is 4.79 Å². The van der Waals surface area contributed by atoms with Crippen molar-refractivity contribution in [1.82, 2.24) is 0 Å². The predicted octanol–water partition coefficient (Wildman–Crippen LogP) is 3.39. The molecule has 1 atom stereocenters. The van der Waals surface area contributed by atoms with Gasteiger partial charge < -0.3 is 4.74 Å². The van der Waals surface area contributed by atoms with Crippen molar-refractivity contribution >= 4 is 17.7 Å². The van der Waals surface area contributed by atoms with Crippen molar-refractivity contribution in [2.45, 2.75) is 62.9 Å². The van der Waals surface area contributed by atoms with Gasteiger partial charge in [0, 0.05) is 5.25 Å². The van der Waals surface area contributed by atoms with Gasteiger partial charge in [-0.15, -0.1) is 11.8 Å². The molecule has 0 heterocycles. The van der Waals surface area contributed by atoms with Gasteiger partial charge in [0.05, 0.1) is 6.61 Å². The molecular weight excluding hydrogens is 208 g/mol. The van der Waals surface area contributed by atoms with E-state index in [-0.39, 0.29) is 11.2 Å². The summed E-state index contributed by atoms with van der Waals surface area (Å²) in [6.07, 6.45) is 7.25. The van der Waals surface area contributed by atoms with Gasteiger partial charge in [-0.25, -0.2) is 0 Å². The molecule has 0 saturated heterocycles. The fourth-order valence-electron chi connectivity index (χ4n) is 2.00. The monoisotopic (exact) mass is 230 g/mol. The summed E-state index contributed by atoms with van der Waals surface area (Å²) in [4.78, 5) is 11.7. The minimum absolute atomic E-state index is 0.00347. The van der Waals surface area contributed by atoms with E-state index in [0.717, 1.165) is 12.8 Å². The lowest BCUT2D eigenvalue weighted by Gasteiger charge is -2.18. The smallest absolute Gasteiger partial charge is 0.319 e. The molecule has 0 aromatic heterocycles. The van der Waals surface area contributed by atoms with Crippen LogP contribution in [0.25, 0.3) is 0 Å². The maximum absolute atomic E-state index is 11.7. The summed E-state index contributed by atoms with van der Waals surface area (Å²) in [6.45, 7) is 4.51. The SMILES string of the molecule is CCCC(SC1CCCC1)C(=O)OCC. The first-order chi connectivity index (χ1) is 7.27. The van der Waals surface area contributed by atoms with E-state index in [2.05, 4.69) is 6.92 Å². The first-order valence-electron chi connectivity index (χ1n) is 6.10. The maximum atomic E-state index is 11.7. The van der Waals surface area contributed by atoms with E-state index in [9.17, 15) is 4.79 Å². The normalized spacial score (nSPS) is 19.1. The molecule has 0 aromatic carbocycles. The molecule has 88 valence electrons. The summed E-state index contributed by atoms with van der Waals surface area (Å²) in [5.74, 6) is -0.00347. The Balaban J connectivity index is 2.37. The molecule has 0 amide bonds. The predicted molar refractivity (Wildman–Crippen MR) is 65.2 cm³/mol. The van der Waals surface area contributed by atoms with E-state index in [4.69, 9.17) is 4.74 Å². The number of esters is 1. The molecule has 1 aliphatic rings. The average Bonchev–Trinajstić information content (AvgIpc) is 2.70. The fraction of sp³-hybridized carbons (Fsp3) is 0.917. The lowest BCUT2D eigenvalue weighted by Crippen LogP contribution is -2.22. The molecular formula is C12H22O2S. The third-order valence-corrected chi connectivity index (χ3v) is 4.37. The largest absolute Gasteiger partial charge is 0.465 e. The summed E-state index contributed by atoms with van der Waals surface area (Å²) in [7, 11) is 0. The van der Waals surface area contributed by atoms with Crippen LogP contribution in [0, 0.1) is 0 Å². The van der Waals surface area contributed by atoms with Gasteiger partial charge in [-0.05, 0) is 26.2 Å². The highest BCUT2D eigenvalue weighted by Crippen LogP contribution is 2.34. The van der Waals surface area contributed by atoms with Crippen LogP contribution in [0.5, 0.6) is 0 Å². The highest BCUT2D eigenvalue weighted by molar-refractivity contribution is 8.01. The maximum Gasteiger partial charge on any atom is 0.319 e. The molecule has 0 aromatic rings. The molecule has 1 fully saturated rings. The van der Waals surface area contributed by atoms with Crippen LogP contribution in [-0.2, 0) is 9.53 Å². The molecule has 3 heteroatoms. The van der Waals surface area contributed by atoms with E-state index >= 15 is 0 Å². The van der Waals surface area contributed by atoms with Crippen LogP contribution in [0.15, 0.2) is 0 Å². The highest BCUT2D eigenvalue weighted by Gasteiger charge is 2.25. The lowest BCUT2D eigenvalue weighted by atomic mass is 10.2. The first-order valence-corrected chi connectivity index (χ1v) is 7.04. The van der Waals surface area contributed by atoms with Gasteiger partial charge in [-0.2, -0.15) is 0 Å². The van der Waals surface area contributed by atoms with Gasteiger partial charge in [-0.1, -0.05) is 26.2 Å². The second-order valence-corrected chi connectivity index (χ2v) is 5.58. The molecule has 1 unspecified atom stereocenters. The second kappa shape index (κ2) is 7.15. The van der Waals surface area contributed by atoms with E-state index in [1.165, 1.54) is 25.7 Å². The Morgan fingerprint density at radius 1 is 1.40 bits per heavy atom. The zero-order valence-electron chi connectivity index (χ0n) is 9.83. The number of ether oxygens (including phenoxy) is 1. The minimum Gasteiger partial charge on any atom is -0.465 e. The molecule has 2 nitrogen and oxygen atoms in total. The number of carbonyl (C=O) groups excluding carboxylic acids is 1. The third kappa shape index (κ3) is 4.45. The molecule has 1 rings (SSSR count). The van der Waals surface area contributed by atoms with Gasteiger partial charge in [0.1, 0.15) is 5.25 Å². The topological polar surface area (TPSA) is 26.3 Å². The Labute approximate surface area is 97.1 Å². The number of hydrogen-bond acceptors (Lipinski definition) is 3. The first kappa shape index (κ1) is 12.9. The highest BCUT2D eigenvalue weighted by atomic mass is 32.2. The Bertz CT molecular complexity index is 188. The van der Waals surface area contributed by atoms with Crippen LogP contribution < -0.4 is 0 Å². The molecule has 15 heavy (non-hydrogen) atoms. The van der Waals surface area contributed by atoms with Gasteiger partial charge in [0.2, 0.25) is 0 Å². The van der Waals surface area contributed by atoms with Crippen LogP contribution >= 0.6 is 11.8 Å². The van der Waals surface area contributed by atoms with Crippen LogP contribution in [0.1, 0.15) is 52.4 Å². The van der Waals surface area contributed by atoms with E-state index in [1.54, 1.807) is 0 Å². The van der Waals surface area contributed by atoms with Crippen molar-refractivity contribution in [1.29, 1.82) is 0 Å². The molecule has 1 aliphatic carbocycles. The summed E-state index contributed by atoms with van der Waals surface area (Å²) < 4.78 is 5.11. The number of thioether (sulfide) groups is 1. The van der Waals surface area contributed by atoms with Crippen molar-refractivity contribution in [3.63, 3.8) is 0 Å². The molecule has 1 saturated carbocycles. The van der Waals surface area contributed by atoms with Gasteiger partial charge in [0.15, 0.2) is 0 Å². The fourth-order valence-corrected chi connectivity index (χ4v) is 3.62. The van der Waals surface area contributed by atoms with Crippen molar-refractivity contribution in [3.05, 3.63) is 0 Å². The summed E-state index contributed by atoms with van der Waals surface area (Å²) in [6, 6.07) is 0. The summed E-state index contributed by atoms with van der Waals surface area (Å²) in [5, 5.41) is 0.781. The van der Waals surface area contributed by atoms with Gasteiger partial charge in [0.25, 0.3) is 0 Å². The zero-order chi connectivity index (χ0) is 11.1. The number of carbonyl (C=O) groups is 1. The van der Waals surface area contributed by atoms with E-state index < -0.39 is 0 Å². The summed E-state index contributed by atoms with van der Waals surface area (Å²) in [5.41, 5.74) is 0. The van der Waals surface area contributed by atoms with Crippen LogP contribution in [0.2, 0.25) is 0 Å². The quantitative estimate of drug-likeness (QED) is 0.654. The molecule has 0 bridgehead atoms. The van der Waals surface area contributed by atoms with Crippen LogP contribution in [0.3, 0.4) is 0 Å². The Hall–Kier alpha value is -0.180. The van der Waals surface area contributed by atoms with E-state index in [1.807, 2.05) is 18.7 Å². The molecule has 0 radical (unpaired) electrons. The average molecular weight is 230 g/mol. The van der Waals surface area contributed by atoms with Crippen LogP contribution in [0.4, 0.5) is 0 Å². The lowest BCUT2D eigenvalue weighted by molar-refractivity contribution is -0.142. The van der Waals surface area contributed by atoms with Gasteiger partial charge >= 0.3 is 5.97 Å².